The Balaban J connectivity index is 2.56. The van der Waals surface area contributed by atoms with E-state index in [1.165, 1.54) is 16.9 Å². The molecule has 2 aromatic rings. The molecule has 0 aliphatic carbocycles. The number of hydrogen-bond acceptors (Lipinski definition) is 4. The zero-order chi connectivity index (χ0) is 15.6. The second-order valence-corrected chi connectivity index (χ2v) is 5.06. The minimum absolute atomic E-state index is 0.159. The van der Waals surface area contributed by atoms with Gasteiger partial charge >= 0.3 is 5.97 Å². The summed E-state index contributed by atoms with van der Waals surface area (Å²) in [5.41, 5.74) is 0.473. The molecular formula is C14H12Cl2N2O3. The molecule has 0 amide bonds. The lowest BCUT2D eigenvalue weighted by molar-refractivity contribution is 0.0515. The number of esters is 1. The van der Waals surface area contributed by atoms with Crippen LogP contribution in [0.2, 0.25) is 10.0 Å². The number of rotatable bonds is 3. The number of aryl methyl sites for hydroxylation is 1. The van der Waals surface area contributed by atoms with E-state index in [9.17, 15) is 9.59 Å². The molecule has 0 saturated heterocycles. The number of benzene rings is 1. The normalized spacial score (nSPS) is 10.5. The minimum atomic E-state index is -0.772. The van der Waals surface area contributed by atoms with E-state index in [-0.39, 0.29) is 12.3 Å². The number of carbonyl (C=O) groups excluding carboxylic acids is 1. The average Bonchev–Trinajstić information content (AvgIpc) is 2.44. The highest BCUT2D eigenvalue weighted by atomic mass is 35.5. The third-order valence-electron chi connectivity index (χ3n) is 2.75. The molecule has 2 rings (SSSR count). The third-order valence-corrected chi connectivity index (χ3v) is 3.46. The Morgan fingerprint density at radius 1 is 1.33 bits per heavy atom. The van der Waals surface area contributed by atoms with Crippen molar-refractivity contribution in [1.29, 1.82) is 0 Å². The first-order valence-electron chi connectivity index (χ1n) is 6.17. The van der Waals surface area contributed by atoms with Crippen LogP contribution in [0.4, 0.5) is 0 Å². The topological polar surface area (TPSA) is 61.2 Å². The molecule has 0 spiro atoms. The summed E-state index contributed by atoms with van der Waals surface area (Å²) in [5.74, 6) is -0.772. The van der Waals surface area contributed by atoms with E-state index >= 15 is 0 Å². The Morgan fingerprint density at radius 2 is 2.05 bits per heavy atom. The van der Waals surface area contributed by atoms with Gasteiger partial charge in [-0.25, -0.2) is 9.48 Å². The summed E-state index contributed by atoms with van der Waals surface area (Å²) in [5, 5.41) is 4.89. The average molecular weight is 327 g/mol. The van der Waals surface area contributed by atoms with Crippen LogP contribution in [0.3, 0.4) is 0 Å². The molecule has 110 valence electrons. The summed E-state index contributed by atoms with van der Waals surface area (Å²) in [6, 6.07) is 4.53. The van der Waals surface area contributed by atoms with Crippen molar-refractivity contribution < 1.29 is 9.53 Å². The first-order valence-corrected chi connectivity index (χ1v) is 6.92. The van der Waals surface area contributed by atoms with Crippen LogP contribution in [0.1, 0.15) is 23.0 Å². The van der Waals surface area contributed by atoms with Gasteiger partial charge in [0.2, 0.25) is 11.1 Å². The van der Waals surface area contributed by atoms with Gasteiger partial charge in [-0.15, -0.1) is 0 Å². The monoisotopic (exact) mass is 326 g/mol. The predicted octanol–water partition coefficient (Wildman–Crippen LogP) is 3.02. The lowest BCUT2D eigenvalue weighted by Gasteiger charge is -2.10. The van der Waals surface area contributed by atoms with Crippen LogP contribution in [0.15, 0.2) is 29.2 Å². The molecular weight excluding hydrogens is 315 g/mol. The van der Waals surface area contributed by atoms with Crippen molar-refractivity contribution in [3.8, 4) is 5.69 Å². The Labute approximate surface area is 131 Å². The van der Waals surface area contributed by atoms with Crippen LogP contribution < -0.4 is 5.43 Å². The number of aromatic nitrogens is 2. The zero-order valence-electron chi connectivity index (χ0n) is 11.4. The number of halogens is 2. The minimum Gasteiger partial charge on any atom is -0.461 e. The number of hydrogen-bond donors (Lipinski definition) is 0. The first-order chi connectivity index (χ1) is 9.93. The van der Waals surface area contributed by atoms with Crippen LogP contribution in [-0.4, -0.2) is 22.4 Å². The van der Waals surface area contributed by atoms with Gasteiger partial charge in [-0.1, -0.05) is 23.2 Å². The molecule has 0 atom stereocenters. The Bertz CT molecular complexity index is 756. The van der Waals surface area contributed by atoms with E-state index in [2.05, 4.69) is 5.10 Å². The molecule has 0 aliphatic rings. The largest absolute Gasteiger partial charge is 0.461 e. The smallest absolute Gasteiger partial charge is 0.362 e. The summed E-state index contributed by atoms with van der Waals surface area (Å²) >= 11 is 12.2. The van der Waals surface area contributed by atoms with E-state index in [0.29, 0.717) is 15.7 Å². The van der Waals surface area contributed by atoms with E-state index < -0.39 is 11.4 Å². The lowest BCUT2D eigenvalue weighted by atomic mass is 10.2. The summed E-state index contributed by atoms with van der Waals surface area (Å²) in [6.07, 6.45) is 1.41. The standard InChI is InChI=1S/C14H12Cl2N2O3/c1-3-21-14(20)13-12(19)4-5-18(17-13)11-7-9(15)8(2)6-10(11)16/h4-7H,3H2,1-2H3. The van der Waals surface area contributed by atoms with Crippen molar-refractivity contribution in [2.24, 2.45) is 0 Å². The lowest BCUT2D eigenvalue weighted by Crippen LogP contribution is -2.22. The Kier molecular flexibility index (Phi) is 4.65. The van der Waals surface area contributed by atoms with E-state index in [1.807, 2.05) is 6.92 Å². The fourth-order valence-corrected chi connectivity index (χ4v) is 2.16. The molecule has 0 radical (unpaired) electrons. The van der Waals surface area contributed by atoms with Gasteiger partial charge in [-0.2, -0.15) is 5.10 Å². The summed E-state index contributed by atoms with van der Waals surface area (Å²) < 4.78 is 6.12. The van der Waals surface area contributed by atoms with Gasteiger partial charge in [0, 0.05) is 17.3 Å². The van der Waals surface area contributed by atoms with Crippen molar-refractivity contribution >= 4 is 29.2 Å². The number of carbonyl (C=O) groups is 1. The quantitative estimate of drug-likeness (QED) is 0.813. The maximum Gasteiger partial charge on any atom is 0.362 e. The molecule has 1 aromatic heterocycles. The Hall–Kier alpha value is -1.85. The molecule has 0 unspecified atom stereocenters. The maximum absolute atomic E-state index is 11.7. The summed E-state index contributed by atoms with van der Waals surface area (Å²) in [4.78, 5) is 23.4. The highest BCUT2D eigenvalue weighted by Crippen LogP contribution is 2.26. The van der Waals surface area contributed by atoms with E-state index in [4.69, 9.17) is 27.9 Å². The summed E-state index contributed by atoms with van der Waals surface area (Å²) in [7, 11) is 0. The molecule has 0 fully saturated rings. The molecule has 5 nitrogen and oxygen atoms in total. The highest BCUT2D eigenvalue weighted by Gasteiger charge is 2.15. The van der Waals surface area contributed by atoms with Gasteiger partial charge in [0.15, 0.2) is 0 Å². The van der Waals surface area contributed by atoms with Gasteiger partial charge in [-0.05, 0) is 31.5 Å². The first kappa shape index (κ1) is 15.5. The molecule has 0 aliphatic heterocycles. The molecule has 21 heavy (non-hydrogen) atoms. The fraction of sp³-hybridized carbons (Fsp3) is 0.214. The fourth-order valence-electron chi connectivity index (χ4n) is 1.69. The molecule has 1 aromatic carbocycles. The summed E-state index contributed by atoms with van der Waals surface area (Å²) in [6.45, 7) is 3.63. The van der Waals surface area contributed by atoms with Crippen LogP contribution in [0, 0.1) is 6.92 Å². The van der Waals surface area contributed by atoms with E-state index in [0.717, 1.165) is 5.56 Å². The van der Waals surface area contributed by atoms with Gasteiger partial charge in [0.25, 0.3) is 0 Å². The zero-order valence-corrected chi connectivity index (χ0v) is 12.9. The number of ether oxygens (including phenoxy) is 1. The van der Waals surface area contributed by atoms with Crippen molar-refractivity contribution in [3.63, 3.8) is 0 Å². The van der Waals surface area contributed by atoms with Crippen LogP contribution in [-0.2, 0) is 4.74 Å². The maximum atomic E-state index is 11.7. The van der Waals surface area contributed by atoms with Crippen LogP contribution in [0.5, 0.6) is 0 Å². The van der Waals surface area contributed by atoms with Gasteiger partial charge in [-0.3, -0.25) is 4.79 Å². The van der Waals surface area contributed by atoms with Gasteiger partial charge in [0.05, 0.1) is 17.3 Å². The molecule has 0 saturated carbocycles. The van der Waals surface area contributed by atoms with Crippen molar-refractivity contribution in [3.05, 3.63) is 55.9 Å². The van der Waals surface area contributed by atoms with E-state index in [1.54, 1.807) is 19.1 Å². The van der Waals surface area contributed by atoms with Crippen LogP contribution in [0.25, 0.3) is 5.69 Å². The van der Waals surface area contributed by atoms with Crippen molar-refractivity contribution in [2.75, 3.05) is 6.61 Å². The van der Waals surface area contributed by atoms with Gasteiger partial charge < -0.3 is 4.74 Å². The molecule has 7 heteroatoms. The van der Waals surface area contributed by atoms with Gasteiger partial charge in [0.1, 0.15) is 0 Å². The second-order valence-electron chi connectivity index (χ2n) is 4.25. The molecule has 0 N–H and O–H groups in total. The third kappa shape index (κ3) is 3.25. The number of nitrogens with zero attached hydrogens (tertiary/aromatic N) is 2. The molecule has 1 heterocycles. The van der Waals surface area contributed by atoms with Crippen LogP contribution >= 0.6 is 23.2 Å². The SMILES string of the molecule is CCOC(=O)c1nn(-c2cc(Cl)c(C)cc2Cl)ccc1=O. The highest BCUT2D eigenvalue weighted by molar-refractivity contribution is 6.35. The van der Waals surface area contributed by atoms with Crippen molar-refractivity contribution in [2.45, 2.75) is 13.8 Å². The second kappa shape index (κ2) is 6.28. The van der Waals surface area contributed by atoms with Crippen molar-refractivity contribution in [1.82, 2.24) is 9.78 Å². The predicted molar refractivity (Wildman–Crippen MR) is 80.5 cm³/mol. The Morgan fingerprint density at radius 3 is 2.71 bits per heavy atom. The molecule has 0 bridgehead atoms.